The SMILES string of the molecule is O=C(NCc1ccccc1F)N1C[C@H]2CC[C@@H](C1)N(Cc1ccccc1)C2. The molecule has 5 rings (SSSR count). The van der Waals surface area contributed by atoms with Gasteiger partial charge in [0.15, 0.2) is 0 Å². The summed E-state index contributed by atoms with van der Waals surface area (Å²) >= 11 is 0. The van der Waals surface area contributed by atoms with Crippen LogP contribution in [0.1, 0.15) is 24.0 Å². The number of hydrogen-bond acceptors (Lipinski definition) is 2. The van der Waals surface area contributed by atoms with Gasteiger partial charge in [0.2, 0.25) is 0 Å². The van der Waals surface area contributed by atoms with Crippen LogP contribution in [0.15, 0.2) is 54.6 Å². The summed E-state index contributed by atoms with van der Waals surface area (Å²) in [4.78, 5) is 17.1. The standard InChI is InChI=1S/C22H26FN3O/c23-21-9-5-4-8-19(21)12-24-22(27)26-15-18-10-11-20(16-26)25(14-18)13-17-6-2-1-3-7-17/h1-9,18,20H,10-16H2,(H,24,27)/t18-,20-/m0/s1. The molecular weight excluding hydrogens is 341 g/mol. The second-order valence-electron chi connectivity index (χ2n) is 7.67. The van der Waals surface area contributed by atoms with Gasteiger partial charge in [-0.3, -0.25) is 4.90 Å². The van der Waals surface area contributed by atoms with Gasteiger partial charge in [0, 0.05) is 44.3 Å². The highest BCUT2D eigenvalue weighted by Gasteiger charge is 2.36. The van der Waals surface area contributed by atoms with Crippen molar-refractivity contribution in [3.63, 3.8) is 0 Å². The van der Waals surface area contributed by atoms with Gasteiger partial charge in [-0.05, 0) is 30.4 Å². The largest absolute Gasteiger partial charge is 0.334 e. The van der Waals surface area contributed by atoms with E-state index >= 15 is 0 Å². The van der Waals surface area contributed by atoms with Crippen LogP contribution in [0.5, 0.6) is 0 Å². The smallest absolute Gasteiger partial charge is 0.317 e. The zero-order chi connectivity index (χ0) is 18.6. The molecule has 2 amide bonds. The summed E-state index contributed by atoms with van der Waals surface area (Å²) in [5.74, 6) is 0.231. The number of halogens is 1. The predicted molar refractivity (Wildman–Crippen MR) is 104 cm³/mol. The van der Waals surface area contributed by atoms with Crippen LogP contribution < -0.4 is 5.32 Å². The van der Waals surface area contributed by atoms with Crippen LogP contribution in [0, 0.1) is 11.7 Å². The first-order valence-corrected chi connectivity index (χ1v) is 9.73. The Bertz CT molecular complexity index is 782. The fourth-order valence-electron chi connectivity index (χ4n) is 4.28. The third kappa shape index (κ3) is 4.30. The van der Waals surface area contributed by atoms with Crippen LogP contribution in [-0.4, -0.2) is 41.5 Å². The van der Waals surface area contributed by atoms with Crippen molar-refractivity contribution in [1.29, 1.82) is 0 Å². The molecule has 27 heavy (non-hydrogen) atoms. The van der Waals surface area contributed by atoms with Gasteiger partial charge in [0.05, 0.1) is 0 Å². The van der Waals surface area contributed by atoms with E-state index in [1.54, 1.807) is 18.2 Å². The van der Waals surface area contributed by atoms with E-state index in [0.717, 1.165) is 32.6 Å². The van der Waals surface area contributed by atoms with Crippen LogP contribution >= 0.6 is 0 Å². The number of amides is 2. The molecule has 3 saturated heterocycles. The van der Waals surface area contributed by atoms with Crippen molar-refractivity contribution in [1.82, 2.24) is 15.1 Å². The summed E-state index contributed by atoms with van der Waals surface area (Å²) in [5.41, 5.74) is 1.84. The van der Waals surface area contributed by atoms with Crippen LogP contribution in [0.2, 0.25) is 0 Å². The molecule has 3 aliphatic rings. The Morgan fingerprint density at radius 1 is 1.00 bits per heavy atom. The highest BCUT2D eigenvalue weighted by molar-refractivity contribution is 5.74. The van der Waals surface area contributed by atoms with Gasteiger partial charge in [-0.1, -0.05) is 48.5 Å². The Kier molecular flexibility index (Phi) is 5.39. The quantitative estimate of drug-likeness (QED) is 0.896. The molecule has 0 aliphatic carbocycles. The average molecular weight is 367 g/mol. The summed E-state index contributed by atoms with van der Waals surface area (Å²) in [5, 5.41) is 2.90. The van der Waals surface area contributed by atoms with Gasteiger partial charge in [-0.25, -0.2) is 9.18 Å². The number of benzene rings is 2. The fourth-order valence-corrected chi connectivity index (χ4v) is 4.28. The average Bonchev–Trinajstić information content (AvgIpc) is 3.00. The number of urea groups is 1. The Morgan fingerprint density at radius 3 is 2.59 bits per heavy atom. The van der Waals surface area contributed by atoms with Crippen LogP contribution in [0.4, 0.5) is 9.18 Å². The molecule has 3 heterocycles. The molecule has 0 spiro atoms. The Labute approximate surface area is 160 Å². The molecule has 0 unspecified atom stereocenters. The number of rotatable bonds is 4. The van der Waals surface area contributed by atoms with Crippen LogP contribution in [-0.2, 0) is 13.1 Å². The Morgan fingerprint density at radius 2 is 1.78 bits per heavy atom. The van der Waals surface area contributed by atoms with E-state index < -0.39 is 0 Å². The second-order valence-corrected chi connectivity index (χ2v) is 7.67. The van der Waals surface area contributed by atoms with E-state index in [4.69, 9.17) is 0 Å². The normalized spacial score (nSPS) is 22.5. The molecule has 4 nitrogen and oxygen atoms in total. The molecule has 5 heteroatoms. The molecule has 3 aliphatic heterocycles. The summed E-state index contributed by atoms with van der Waals surface area (Å²) in [7, 11) is 0. The van der Waals surface area contributed by atoms with E-state index in [1.807, 2.05) is 11.0 Å². The van der Waals surface area contributed by atoms with Gasteiger partial charge in [-0.2, -0.15) is 0 Å². The lowest BCUT2D eigenvalue weighted by Gasteiger charge is -2.36. The van der Waals surface area contributed by atoms with Crippen molar-refractivity contribution in [2.45, 2.75) is 32.0 Å². The lowest BCUT2D eigenvalue weighted by atomic mass is 9.94. The minimum Gasteiger partial charge on any atom is -0.334 e. The Hall–Kier alpha value is -2.40. The van der Waals surface area contributed by atoms with Crippen molar-refractivity contribution < 1.29 is 9.18 Å². The first-order valence-electron chi connectivity index (χ1n) is 9.73. The first-order chi connectivity index (χ1) is 13.2. The molecule has 0 radical (unpaired) electrons. The van der Waals surface area contributed by atoms with E-state index in [0.29, 0.717) is 17.5 Å². The monoisotopic (exact) mass is 367 g/mol. The highest BCUT2D eigenvalue weighted by Crippen LogP contribution is 2.29. The highest BCUT2D eigenvalue weighted by atomic mass is 19.1. The zero-order valence-corrected chi connectivity index (χ0v) is 15.5. The fraction of sp³-hybridized carbons (Fsp3) is 0.409. The predicted octanol–water partition coefficient (Wildman–Crippen LogP) is 3.63. The molecule has 2 atom stereocenters. The van der Waals surface area contributed by atoms with Gasteiger partial charge < -0.3 is 10.2 Å². The molecule has 1 N–H and O–H groups in total. The number of fused-ring (bicyclic) bond motifs is 4. The molecule has 0 saturated carbocycles. The van der Waals surface area contributed by atoms with Crippen molar-refractivity contribution in [3.8, 4) is 0 Å². The molecule has 0 aromatic heterocycles. The first kappa shape index (κ1) is 18.0. The lowest BCUT2D eigenvalue weighted by Crippen LogP contribution is -2.45. The molecule has 2 aromatic carbocycles. The maximum absolute atomic E-state index is 13.8. The van der Waals surface area contributed by atoms with Gasteiger partial charge in [0.1, 0.15) is 5.82 Å². The third-order valence-corrected chi connectivity index (χ3v) is 5.73. The third-order valence-electron chi connectivity index (χ3n) is 5.73. The van der Waals surface area contributed by atoms with Crippen molar-refractivity contribution in [2.24, 2.45) is 5.92 Å². The summed E-state index contributed by atoms with van der Waals surface area (Å²) in [6.07, 6.45) is 2.31. The van der Waals surface area contributed by atoms with Crippen LogP contribution in [0.25, 0.3) is 0 Å². The molecule has 142 valence electrons. The topological polar surface area (TPSA) is 35.6 Å². The number of hydrogen-bond donors (Lipinski definition) is 1. The maximum Gasteiger partial charge on any atom is 0.317 e. The number of piperidine rings is 1. The van der Waals surface area contributed by atoms with Gasteiger partial charge in [-0.15, -0.1) is 0 Å². The van der Waals surface area contributed by atoms with E-state index in [9.17, 15) is 9.18 Å². The van der Waals surface area contributed by atoms with Crippen molar-refractivity contribution in [2.75, 3.05) is 19.6 Å². The van der Waals surface area contributed by atoms with E-state index in [-0.39, 0.29) is 18.4 Å². The van der Waals surface area contributed by atoms with Crippen LogP contribution in [0.3, 0.4) is 0 Å². The Balaban J connectivity index is 1.38. The van der Waals surface area contributed by atoms with E-state index in [2.05, 4.69) is 34.5 Å². The van der Waals surface area contributed by atoms with Crippen molar-refractivity contribution in [3.05, 3.63) is 71.5 Å². The summed E-state index contributed by atoms with van der Waals surface area (Å²) in [6.45, 7) is 3.73. The zero-order valence-electron chi connectivity index (χ0n) is 15.5. The van der Waals surface area contributed by atoms with Gasteiger partial charge in [0.25, 0.3) is 0 Å². The summed E-state index contributed by atoms with van der Waals surface area (Å²) in [6, 6.07) is 17.4. The molecule has 2 bridgehead atoms. The number of carbonyl (C=O) groups is 1. The maximum atomic E-state index is 13.8. The summed E-state index contributed by atoms with van der Waals surface area (Å²) < 4.78 is 13.8. The lowest BCUT2D eigenvalue weighted by molar-refractivity contribution is 0.124. The van der Waals surface area contributed by atoms with Gasteiger partial charge >= 0.3 is 6.03 Å². The second kappa shape index (κ2) is 8.09. The molecule has 3 fully saturated rings. The minimum absolute atomic E-state index is 0.0864. The minimum atomic E-state index is -0.275. The number of nitrogens with one attached hydrogen (secondary N) is 1. The van der Waals surface area contributed by atoms with E-state index in [1.165, 1.54) is 18.1 Å². The van der Waals surface area contributed by atoms with Crippen molar-refractivity contribution >= 4 is 6.03 Å². The molecular formula is C22H26FN3O. The molecule has 2 aromatic rings. The number of carbonyl (C=O) groups excluding carboxylic acids is 1. The number of nitrogens with zero attached hydrogens (tertiary/aromatic N) is 2.